The third-order valence-electron chi connectivity index (χ3n) is 5.91. The van der Waals surface area contributed by atoms with Crippen LogP contribution in [-0.4, -0.2) is 62.1 Å². The maximum atomic E-state index is 10.3. The molecular formula is C26H29ClN3O7+. The molecule has 0 radical (unpaired) electrons. The van der Waals surface area contributed by atoms with Crippen LogP contribution in [0.15, 0.2) is 54.6 Å². The number of halogens is 1. The van der Waals surface area contributed by atoms with Crippen molar-refractivity contribution in [1.82, 2.24) is 10.4 Å². The number of benzene rings is 2. The minimum Gasteiger partial charge on any atom is -0.481 e. The SMILES string of the molecule is Clc1ccc(-c2[nH][n+](Cc3ccccc3)c3c2CCNCC3)cc1.O=C(O)CC(O)(CC(=O)O)C(=O)O. The number of hydrogen-bond donors (Lipinski definition) is 6. The topological polar surface area (TPSA) is 164 Å². The van der Waals surface area contributed by atoms with E-state index in [0.717, 1.165) is 37.5 Å². The van der Waals surface area contributed by atoms with Crippen LogP contribution in [0.4, 0.5) is 0 Å². The Balaban J connectivity index is 0.000000251. The van der Waals surface area contributed by atoms with Crippen LogP contribution in [0.3, 0.4) is 0 Å². The number of aromatic amines is 1. The number of H-pyrrole nitrogens is 1. The quantitative estimate of drug-likeness (QED) is 0.241. The summed E-state index contributed by atoms with van der Waals surface area (Å²) in [6.45, 7) is 2.92. The van der Waals surface area contributed by atoms with Gasteiger partial charge in [0.25, 0.3) is 0 Å². The molecule has 6 N–H and O–H groups in total. The van der Waals surface area contributed by atoms with E-state index in [1.165, 1.54) is 28.1 Å². The van der Waals surface area contributed by atoms with Crippen molar-refractivity contribution in [2.45, 2.75) is 37.8 Å². The van der Waals surface area contributed by atoms with Gasteiger partial charge in [0.1, 0.15) is 5.69 Å². The zero-order valence-corrected chi connectivity index (χ0v) is 20.7. The lowest BCUT2D eigenvalue weighted by Gasteiger charge is -2.18. The van der Waals surface area contributed by atoms with Gasteiger partial charge >= 0.3 is 17.9 Å². The zero-order valence-electron chi connectivity index (χ0n) is 20.0. The highest BCUT2D eigenvalue weighted by Crippen LogP contribution is 2.26. The van der Waals surface area contributed by atoms with Gasteiger partial charge < -0.3 is 25.7 Å². The number of aliphatic hydroxyl groups is 1. The van der Waals surface area contributed by atoms with Crippen LogP contribution in [0.2, 0.25) is 5.02 Å². The molecule has 0 saturated carbocycles. The molecule has 2 aromatic carbocycles. The molecule has 10 nitrogen and oxygen atoms in total. The maximum Gasteiger partial charge on any atom is 0.336 e. The Morgan fingerprint density at radius 3 is 2.05 bits per heavy atom. The summed E-state index contributed by atoms with van der Waals surface area (Å²) in [4.78, 5) is 30.5. The van der Waals surface area contributed by atoms with E-state index >= 15 is 0 Å². The highest BCUT2D eigenvalue weighted by molar-refractivity contribution is 6.30. The van der Waals surface area contributed by atoms with Gasteiger partial charge in [-0.15, -0.1) is 4.68 Å². The van der Waals surface area contributed by atoms with Crippen molar-refractivity contribution >= 4 is 29.5 Å². The van der Waals surface area contributed by atoms with E-state index in [1.54, 1.807) is 0 Å². The van der Waals surface area contributed by atoms with Gasteiger partial charge in [0.05, 0.1) is 18.4 Å². The van der Waals surface area contributed by atoms with E-state index in [9.17, 15) is 14.4 Å². The zero-order chi connectivity index (χ0) is 27.0. The van der Waals surface area contributed by atoms with Gasteiger partial charge in [-0.05, 0) is 25.1 Å². The summed E-state index contributed by atoms with van der Waals surface area (Å²) in [7, 11) is 0. The van der Waals surface area contributed by atoms with Gasteiger partial charge in [0, 0.05) is 29.1 Å². The minimum absolute atomic E-state index is 0.773. The average Bonchev–Trinajstić information content (AvgIpc) is 3.00. The van der Waals surface area contributed by atoms with Crippen LogP contribution in [0.1, 0.15) is 29.7 Å². The molecule has 4 rings (SSSR count). The fraction of sp³-hybridized carbons (Fsp3) is 0.308. The van der Waals surface area contributed by atoms with Crippen LogP contribution in [0, 0.1) is 0 Å². The van der Waals surface area contributed by atoms with Crippen molar-refractivity contribution in [2.75, 3.05) is 13.1 Å². The Morgan fingerprint density at radius 2 is 1.49 bits per heavy atom. The lowest BCUT2D eigenvalue weighted by Crippen LogP contribution is -2.42. The second kappa shape index (κ2) is 12.5. The lowest BCUT2D eigenvalue weighted by atomic mass is 9.96. The van der Waals surface area contributed by atoms with Gasteiger partial charge in [-0.2, -0.15) is 5.10 Å². The summed E-state index contributed by atoms with van der Waals surface area (Å²) < 4.78 is 2.31. The van der Waals surface area contributed by atoms with Crippen molar-refractivity contribution < 1.29 is 39.5 Å². The first-order valence-corrected chi connectivity index (χ1v) is 12.0. The monoisotopic (exact) mass is 530 g/mol. The van der Waals surface area contributed by atoms with Gasteiger partial charge in [-0.3, -0.25) is 9.59 Å². The van der Waals surface area contributed by atoms with E-state index in [0.29, 0.717) is 0 Å². The summed E-state index contributed by atoms with van der Waals surface area (Å²) >= 11 is 6.06. The molecule has 11 heteroatoms. The van der Waals surface area contributed by atoms with Crippen molar-refractivity contribution in [3.8, 4) is 11.3 Å². The van der Waals surface area contributed by atoms with Gasteiger partial charge in [-0.25, -0.2) is 4.79 Å². The summed E-state index contributed by atoms with van der Waals surface area (Å²) in [6, 6.07) is 18.7. The van der Waals surface area contributed by atoms with Crippen LogP contribution in [0.5, 0.6) is 0 Å². The fourth-order valence-electron chi connectivity index (χ4n) is 4.15. The summed E-state index contributed by atoms with van der Waals surface area (Å²) in [5.74, 6) is -5.02. The molecule has 3 aromatic rings. The van der Waals surface area contributed by atoms with Crippen molar-refractivity contribution in [3.05, 3.63) is 76.4 Å². The fourth-order valence-corrected chi connectivity index (χ4v) is 4.27. The third-order valence-corrected chi connectivity index (χ3v) is 6.17. The first kappa shape index (κ1) is 27.9. The number of fused-ring (bicyclic) bond motifs is 1. The molecular weight excluding hydrogens is 502 g/mol. The molecule has 37 heavy (non-hydrogen) atoms. The summed E-state index contributed by atoms with van der Waals surface area (Å²) in [5, 5.41) is 41.7. The second-order valence-electron chi connectivity index (χ2n) is 8.72. The number of aromatic nitrogens is 2. The maximum absolute atomic E-state index is 10.3. The number of carbonyl (C=O) groups is 3. The lowest BCUT2D eigenvalue weighted by molar-refractivity contribution is -0.748. The van der Waals surface area contributed by atoms with Crippen molar-refractivity contribution in [1.29, 1.82) is 0 Å². The summed E-state index contributed by atoms with van der Waals surface area (Å²) in [5.41, 5.74) is 3.83. The first-order chi connectivity index (χ1) is 17.6. The van der Waals surface area contributed by atoms with Crippen LogP contribution in [-0.2, 0) is 33.8 Å². The number of nitrogens with zero attached hydrogens (tertiary/aromatic N) is 1. The predicted molar refractivity (Wildman–Crippen MR) is 134 cm³/mol. The number of carboxylic acid groups (broad SMARTS) is 3. The van der Waals surface area contributed by atoms with E-state index in [2.05, 4.69) is 57.6 Å². The molecule has 0 unspecified atom stereocenters. The van der Waals surface area contributed by atoms with Gasteiger partial charge in [0.15, 0.2) is 12.1 Å². The smallest absolute Gasteiger partial charge is 0.336 e. The Labute approximate surface area is 218 Å². The molecule has 1 aliphatic heterocycles. The third kappa shape index (κ3) is 7.63. The second-order valence-corrected chi connectivity index (χ2v) is 9.15. The van der Waals surface area contributed by atoms with Gasteiger partial charge in [-0.1, -0.05) is 54.1 Å². The largest absolute Gasteiger partial charge is 0.481 e. The molecule has 1 aromatic heterocycles. The molecule has 0 saturated heterocycles. The molecule has 0 spiro atoms. The Hall–Kier alpha value is -3.73. The first-order valence-electron chi connectivity index (χ1n) is 11.6. The average molecular weight is 531 g/mol. The molecule has 2 heterocycles. The molecule has 0 fully saturated rings. The van der Waals surface area contributed by atoms with E-state index < -0.39 is 36.4 Å². The predicted octanol–water partition coefficient (Wildman–Crippen LogP) is 2.11. The van der Waals surface area contributed by atoms with E-state index in [4.69, 9.17) is 32.0 Å². The number of carboxylic acids is 3. The Bertz CT molecular complexity index is 1230. The van der Waals surface area contributed by atoms with Crippen molar-refractivity contribution in [2.24, 2.45) is 0 Å². The minimum atomic E-state index is -2.74. The molecule has 0 atom stereocenters. The molecule has 1 aliphatic rings. The number of aliphatic carboxylic acids is 3. The molecule has 0 aliphatic carbocycles. The molecule has 0 amide bonds. The number of hydrogen-bond acceptors (Lipinski definition) is 5. The summed E-state index contributed by atoms with van der Waals surface area (Å²) in [6.07, 6.45) is -0.193. The van der Waals surface area contributed by atoms with Crippen LogP contribution in [0.25, 0.3) is 11.3 Å². The van der Waals surface area contributed by atoms with E-state index in [1.807, 2.05) is 12.1 Å². The standard InChI is InChI=1S/C20H20ClN3.C6H8O7/c21-17-8-6-16(7-9-17)20-18-10-12-22-13-11-19(18)24(23-20)14-15-4-2-1-3-5-15;7-3(8)1-6(13,5(11)12)2-4(9)10/h1-9,22H,10-14H2;13H,1-2H2,(H,7,8)(H,9,10)(H,11,12)/p+1. The highest BCUT2D eigenvalue weighted by Gasteiger charge is 2.40. The Morgan fingerprint density at radius 1 is 0.892 bits per heavy atom. The molecule has 196 valence electrons. The highest BCUT2D eigenvalue weighted by atomic mass is 35.5. The van der Waals surface area contributed by atoms with Crippen LogP contribution < -0.4 is 10.00 Å². The number of rotatable bonds is 8. The Kier molecular flexibility index (Phi) is 9.40. The van der Waals surface area contributed by atoms with Crippen LogP contribution >= 0.6 is 11.6 Å². The van der Waals surface area contributed by atoms with E-state index in [-0.39, 0.29) is 0 Å². The number of nitrogens with one attached hydrogen (secondary N) is 2. The van der Waals surface area contributed by atoms with Crippen molar-refractivity contribution in [3.63, 3.8) is 0 Å². The normalized spacial score (nSPS) is 13.0. The molecule has 0 bridgehead atoms. The van der Waals surface area contributed by atoms with Gasteiger partial charge in [0.2, 0.25) is 5.69 Å².